The number of methoxy groups -OCH3 is 1. The fourth-order valence-electron chi connectivity index (χ4n) is 2.85. The number of halogens is 2. The number of nitrogens with one attached hydrogen (secondary N) is 2. The van der Waals surface area contributed by atoms with Gasteiger partial charge in [0.05, 0.1) is 24.7 Å². The first-order valence-electron chi connectivity index (χ1n) is 8.83. The lowest BCUT2D eigenvalue weighted by molar-refractivity contribution is 0.415. The number of ether oxygens (including phenoxy) is 1. The van der Waals surface area contributed by atoms with Crippen LogP contribution in [-0.4, -0.2) is 27.0 Å². The van der Waals surface area contributed by atoms with Crippen molar-refractivity contribution in [1.29, 1.82) is 0 Å². The molecule has 2 heterocycles. The van der Waals surface area contributed by atoms with Crippen molar-refractivity contribution in [1.82, 2.24) is 19.9 Å². The highest BCUT2D eigenvalue weighted by atomic mass is 35.5. The summed E-state index contributed by atoms with van der Waals surface area (Å²) in [7, 11) is 1.63. The Bertz CT molecular complexity index is 1130. The third-order valence-corrected chi connectivity index (χ3v) is 5.00. The summed E-state index contributed by atoms with van der Waals surface area (Å²) in [5.41, 5.74) is 3.16. The van der Waals surface area contributed by atoms with E-state index in [1.165, 1.54) is 0 Å². The number of H-pyrrole nitrogens is 1. The second-order valence-electron chi connectivity index (χ2n) is 6.24. The normalized spacial score (nSPS) is 10.7. The van der Waals surface area contributed by atoms with Crippen LogP contribution < -0.4 is 10.1 Å². The first-order chi connectivity index (χ1) is 14.1. The Hall–Kier alpha value is -3.09. The van der Waals surface area contributed by atoms with E-state index in [9.17, 15) is 0 Å². The van der Waals surface area contributed by atoms with Gasteiger partial charge in [0.25, 0.3) is 0 Å². The minimum Gasteiger partial charge on any atom is -0.497 e. The Morgan fingerprint density at radius 2 is 1.83 bits per heavy atom. The van der Waals surface area contributed by atoms with Crippen LogP contribution in [0.2, 0.25) is 10.0 Å². The molecule has 0 atom stereocenters. The minimum atomic E-state index is 0.473. The van der Waals surface area contributed by atoms with Crippen molar-refractivity contribution >= 4 is 34.8 Å². The molecule has 0 radical (unpaired) electrons. The lowest BCUT2D eigenvalue weighted by Gasteiger charge is -2.07. The highest BCUT2D eigenvalue weighted by molar-refractivity contribution is 6.36. The first-order valence-corrected chi connectivity index (χ1v) is 9.59. The third-order valence-electron chi connectivity index (χ3n) is 4.29. The van der Waals surface area contributed by atoms with Gasteiger partial charge in [-0.1, -0.05) is 35.3 Å². The van der Waals surface area contributed by atoms with Crippen LogP contribution in [0.15, 0.2) is 60.9 Å². The van der Waals surface area contributed by atoms with Gasteiger partial charge in [0.2, 0.25) is 5.95 Å². The number of anilines is 2. The van der Waals surface area contributed by atoms with E-state index in [1.807, 2.05) is 48.5 Å². The molecule has 2 aromatic heterocycles. The van der Waals surface area contributed by atoms with Crippen LogP contribution in [0, 0.1) is 0 Å². The average Bonchev–Trinajstić information content (AvgIpc) is 3.20. The van der Waals surface area contributed by atoms with Gasteiger partial charge in [-0.15, -0.1) is 0 Å². The molecule has 146 valence electrons. The summed E-state index contributed by atoms with van der Waals surface area (Å²) in [6.07, 6.45) is 3.92. The number of aromatic amines is 1. The molecule has 0 saturated heterocycles. The molecule has 0 bridgehead atoms. The number of hydrogen-bond donors (Lipinski definition) is 2. The number of hydrogen-bond acceptors (Lipinski definition) is 5. The lowest BCUT2D eigenvalue weighted by Crippen LogP contribution is -1.98. The van der Waals surface area contributed by atoms with Crippen LogP contribution in [0.25, 0.3) is 11.4 Å². The molecule has 0 spiro atoms. The Morgan fingerprint density at radius 1 is 1.03 bits per heavy atom. The van der Waals surface area contributed by atoms with E-state index in [4.69, 9.17) is 27.9 Å². The number of rotatable bonds is 6. The van der Waals surface area contributed by atoms with Gasteiger partial charge >= 0.3 is 0 Å². The third kappa shape index (κ3) is 4.50. The second-order valence-corrected chi connectivity index (χ2v) is 7.06. The predicted octanol–water partition coefficient (Wildman–Crippen LogP) is 5.52. The molecule has 4 rings (SSSR count). The second kappa shape index (κ2) is 8.51. The summed E-state index contributed by atoms with van der Waals surface area (Å²) < 4.78 is 5.24. The van der Waals surface area contributed by atoms with Crippen LogP contribution in [0.3, 0.4) is 0 Å². The van der Waals surface area contributed by atoms with Gasteiger partial charge in [-0.3, -0.25) is 0 Å². The molecular formula is C21H17Cl2N5O. The van der Waals surface area contributed by atoms with E-state index in [0.717, 1.165) is 34.2 Å². The maximum atomic E-state index is 6.26. The SMILES string of the molecule is COc1cccc(Nc2nccc(-c3cnc(Cc4c(Cl)cccc4Cl)[nH]3)n2)c1. The standard InChI is InChI=1S/C21H17Cl2N5O/c1-29-14-5-2-4-13(10-14)26-21-24-9-8-18(28-21)19-12-25-20(27-19)11-15-16(22)6-3-7-17(15)23/h2-10,12H,11H2,1H3,(H,25,27)(H,24,26,28). The molecule has 4 aromatic rings. The van der Waals surface area contributed by atoms with E-state index < -0.39 is 0 Å². The summed E-state index contributed by atoms with van der Waals surface area (Å²) in [6.45, 7) is 0. The van der Waals surface area contributed by atoms with Crippen molar-refractivity contribution in [3.63, 3.8) is 0 Å². The monoisotopic (exact) mass is 425 g/mol. The van der Waals surface area contributed by atoms with Crippen LogP contribution in [-0.2, 0) is 6.42 Å². The van der Waals surface area contributed by atoms with Crippen LogP contribution in [0.4, 0.5) is 11.6 Å². The zero-order valence-electron chi connectivity index (χ0n) is 15.5. The zero-order chi connectivity index (χ0) is 20.2. The Morgan fingerprint density at radius 3 is 2.62 bits per heavy atom. The van der Waals surface area contributed by atoms with Crippen molar-refractivity contribution in [3.8, 4) is 17.1 Å². The van der Waals surface area contributed by atoms with Gasteiger partial charge in [-0.05, 0) is 35.9 Å². The molecule has 0 aliphatic carbocycles. The molecule has 0 saturated carbocycles. The highest BCUT2D eigenvalue weighted by Gasteiger charge is 2.11. The lowest BCUT2D eigenvalue weighted by atomic mass is 10.1. The topological polar surface area (TPSA) is 75.7 Å². The van der Waals surface area contributed by atoms with E-state index >= 15 is 0 Å². The predicted molar refractivity (Wildman–Crippen MR) is 115 cm³/mol. The molecule has 0 aliphatic rings. The summed E-state index contributed by atoms with van der Waals surface area (Å²) >= 11 is 12.5. The van der Waals surface area contributed by atoms with Crippen LogP contribution >= 0.6 is 23.2 Å². The number of nitrogens with zero attached hydrogens (tertiary/aromatic N) is 3. The molecule has 8 heteroatoms. The van der Waals surface area contributed by atoms with E-state index in [1.54, 1.807) is 19.5 Å². The Kier molecular flexibility index (Phi) is 5.64. The van der Waals surface area contributed by atoms with Crippen LogP contribution in [0.5, 0.6) is 5.75 Å². The van der Waals surface area contributed by atoms with Crippen molar-refractivity contribution < 1.29 is 4.74 Å². The fourth-order valence-corrected chi connectivity index (χ4v) is 3.38. The molecule has 6 nitrogen and oxygen atoms in total. The summed E-state index contributed by atoms with van der Waals surface area (Å²) in [6, 6.07) is 14.8. The number of aromatic nitrogens is 4. The molecule has 0 unspecified atom stereocenters. The maximum Gasteiger partial charge on any atom is 0.227 e. The molecule has 0 amide bonds. The molecule has 2 aromatic carbocycles. The van der Waals surface area contributed by atoms with E-state index in [2.05, 4.69) is 25.3 Å². The number of benzene rings is 2. The molecule has 2 N–H and O–H groups in total. The van der Waals surface area contributed by atoms with Gasteiger partial charge in [-0.25, -0.2) is 15.0 Å². The van der Waals surface area contributed by atoms with Gasteiger partial charge in [-0.2, -0.15) is 0 Å². The summed E-state index contributed by atoms with van der Waals surface area (Å²) in [5.74, 6) is 1.97. The highest BCUT2D eigenvalue weighted by Crippen LogP contribution is 2.27. The van der Waals surface area contributed by atoms with Gasteiger partial charge in [0.15, 0.2) is 0 Å². The van der Waals surface area contributed by atoms with Crippen LogP contribution in [0.1, 0.15) is 11.4 Å². The summed E-state index contributed by atoms with van der Waals surface area (Å²) in [5, 5.41) is 4.41. The van der Waals surface area contributed by atoms with Gasteiger partial charge in [0, 0.05) is 34.4 Å². The van der Waals surface area contributed by atoms with Crippen molar-refractivity contribution in [2.24, 2.45) is 0 Å². The molecule has 0 aliphatic heterocycles. The van der Waals surface area contributed by atoms with E-state index in [0.29, 0.717) is 22.4 Å². The Balaban J connectivity index is 1.54. The Labute approximate surface area is 177 Å². The average molecular weight is 426 g/mol. The molecular weight excluding hydrogens is 409 g/mol. The van der Waals surface area contributed by atoms with E-state index in [-0.39, 0.29) is 0 Å². The number of imidazole rings is 1. The first kappa shape index (κ1) is 19.2. The van der Waals surface area contributed by atoms with Crippen molar-refractivity contribution in [3.05, 3.63) is 82.4 Å². The smallest absolute Gasteiger partial charge is 0.227 e. The molecule has 0 fully saturated rings. The van der Waals surface area contributed by atoms with Crippen molar-refractivity contribution in [2.45, 2.75) is 6.42 Å². The quantitative estimate of drug-likeness (QED) is 0.425. The summed E-state index contributed by atoms with van der Waals surface area (Å²) in [4.78, 5) is 16.6. The molecule has 29 heavy (non-hydrogen) atoms. The van der Waals surface area contributed by atoms with Gasteiger partial charge in [0.1, 0.15) is 11.6 Å². The largest absolute Gasteiger partial charge is 0.497 e. The minimum absolute atomic E-state index is 0.473. The zero-order valence-corrected chi connectivity index (χ0v) is 17.0. The van der Waals surface area contributed by atoms with Crippen molar-refractivity contribution in [2.75, 3.05) is 12.4 Å². The fraction of sp³-hybridized carbons (Fsp3) is 0.0952. The van der Waals surface area contributed by atoms with Gasteiger partial charge < -0.3 is 15.0 Å². The maximum absolute atomic E-state index is 6.26.